The maximum atomic E-state index is 12.7. The van der Waals surface area contributed by atoms with Crippen molar-refractivity contribution in [3.8, 4) is 5.75 Å². The van der Waals surface area contributed by atoms with Crippen molar-refractivity contribution in [2.45, 2.75) is 39.0 Å². The van der Waals surface area contributed by atoms with Crippen LogP contribution < -0.4 is 15.7 Å². The number of likely N-dealkylation sites (tertiary alicyclic amines) is 1. The predicted molar refractivity (Wildman–Crippen MR) is 115 cm³/mol. The van der Waals surface area contributed by atoms with Crippen molar-refractivity contribution < 1.29 is 13.9 Å². The second-order valence-corrected chi connectivity index (χ2v) is 8.16. The molecule has 0 unspecified atom stereocenters. The molecule has 0 aliphatic carbocycles. The molecule has 2 saturated heterocycles. The topological polar surface area (TPSA) is 71.8 Å². The van der Waals surface area contributed by atoms with Crippen LogP contribution in [0.25, 0.3) is 11.0 Å². The fourth-order valence-electron chi connectivity index (χ4n) is 4.63. The Morgan fingerprint density at radius 2 is 2.03 bits per heavy atom. The highest BCUT2D eigenvalue weighted by atomic mass is 35.5. The van der Waals surface area contributed by atoms with Crippen LogP contribution in [0.2, 0.25) is 0 Å². The number of benzene rings is 1. The van der Waals surface area contributed by atoms with Gasteiger partial charge in [-0.2, -0.15) is 0 Å². The fraction of sp³-hybridized carbons (Fsp3) is 0.545. The Kier molecular flexibility index (Phi) is 6.54. The normalized spacial score (nSPS) is 18.1. The molecule has 158 valence electrons. The number of amides is 1. The van der Waals surface area contributed by atoms with E-state index >= 15 is 0 Å². The quantitative estimate of drug-likeness (QED) is 0.769. The number of carbonyl (C=O) groups is 1. The summed E-state index contributed by atoms with van der Waals surface area (Å²) in [6.45, 7) is 5.74. The maximum Gasteiger partial charge on any atom is 0.339 e. The van der Waals surface area contributed by atoms with Crippen molar-refractivity contribution in [2.24, 2.45) is 5.41 Å². The summed E-state index contributed by atoms with van der Waals surface area (Å²) >= 11 is 0. The van der Waals surface area contributed by atoms with Gasteiger partial charge in [-0.05, 0) is 62.3 Å². The second-order valence-electron chi connectivity index (χ2n) is 8.16. The maximum absolute atomic E-state index is 12.7. The van der Waals surface area contributed by atoms with Crippen LogP contribution in [0.15, 0.2) is 27.4 Å². The number of halogens is 1. The van der Waals surface area contributed by atoms with E-state index in [1.807, 2.05) is 24.0 Å². The van der Waals surface area contributed by atoms with Gasteiger partial charge < -0.3 is 19.4 Å². The third-order valence-electron chi connectivity index (χ3n) is 6.59. The number of nitrogens with zero attached hydrogens (tertiary/aromatic N) is 1. The molecule has 1 amide bonds. The molecule has 2 aliphatic heterocycles. The molecule has 4 rings (SSSR count). The average molecular weight is 421 g/mol. The van der Waals surface area contributed by atoms with Crippen molar-refractivity contribution in [2.75, 3.05) is 33.3 Å². The Labute approximate surface area is 177 Å². The average Bonchev–Trinajstić information content (AvgIpc) is 3.15. The Morgan fingerprint density at radius 1 is 1.28 bits per heavy atom. The van der Waals surface area contributed by atoms with Crippen LogP contribution in [-0.2, 0) is 11.2 Å². The molecule has 0 saturated carbocycles. The van der Waals surface area contributed by atoms with Crippen molar-refractivity contribution >= 4 is 29.3 Å². The summed E-state index contributed by atoms with van der Waals surface area (Å²) in [5, 5.41) is 4.34. The molecule has 1 aromatic carbocycles. The first-order valence-corrected chi connectivity index (χ1v) is 10.1. The van der Waals surface area contributed by atoms with E-state index in [0.29, 0.717) is 35.2 Å². The van der Waals surface area contributed by atoms with E-state index in [1.54, 1.807) is 13.2 Å². The largest absolute Gasteiger partial charge is 0.497 e. The highest BCUT2D eigenvalue weighted by Gasteiger charge is 2.37. The molecule has 2 aliphatic rings. The zero-order valence-corrected chi connectivity index (χ0v) is 17.9. The zero-order chi connectivity index (χ0) is 19.7. The van der Waals surface area contributed by atoms with Crippen LogP contribution in [0.4, 0.5) is 0 Å². The van der Waals surface area contributed by atoms with Gasteiger partial charge >= 0.3 is 5.63 Å². The van der Waals surface area contributed by atoms with Crippen LogP contribution in [0, 0.1) is 12.3 Å². The van der Waals surface area contributed by atoms with Gasteiger partial charge in [0.15, 0.2) is 0 Å². The van der Waals surface area contributed by atoms with Crippen LogP contribution in [-0.4, -0.2) is 44.1 Å². The number of methoxy groups -OCH3 is 1. The molecule has 3 heterocycles. The van der Waals surface area contributed by atoms with Gasteiger partial charge in [-0.15, -0.1) is 12.4 Å². The molecule has 29 heavy (non-hydrogen) atoms. The van der Waals surface area contributed by atoms with Crippen LogP contribution in [0.5, 0.6) is 5.75 Å². The number of aryl methyl sites for hydroxylation is 1. The van der Waals surface area contributed by atoms with Gasteiger partial charge in [-0.3, -0.25) is 4.79 Å². The zero-order valence-electron chi connectivity index (χ0n) is 17.1. The summed E-state index contributed by atoms with van der Waals surface area (Å²) in [5.74, 6) is 0.785. The van der Waals surface area contributed by atoms with Crippen molar-refractivity contribution in [1.29, 1.82) is 0 Å². The number of piperidine rings is 1. The number of fused-ring (bicyclic) bond motifs is 1. The monoisotopic (exact) mass is 420 g/mol. The number of rotatable bonds is 4. The Bertz CT molecular complexity index is 940. The molecule has 0 bridgehead atoms. The predicted octanol–water partition coefficient (Wildman–Crippen LogP) is 3.07. The van der Waals surface area contributed by atoms with Crippen molar-refractivity contribution in [1.82, 2.24) is 10.2 Å². The molecule has 0 atom stereocenters. The van der Waals surface area contributed by atoms with E-state index in [-0.39, 0.29) is 23.9 Å². The molecular weight excluding hydrogens is 392 g/mol. The highest BCUT2D eigenvalue weighted by molar-refractivity contribution is 5.85. The van der Waals surface area contributed by atoms with Crippen LogP contribution in [0.3, 0.4) is 0 Å². The second kappa shape index (κ2) is 8.76. The van der Waals surface area contributed by atoms with E-state index < -0.39 is 0 Å². The van der Waals surface area contributed by atoms with Gasteiger partial charge in [0.05, 0.1) is 7.11 Å². The van der Waals surface area contributed by atoms with E-state index in [2.05, 4.69) is 5.32 Å². The first kappa shape index (κ1) is 21.7. The van der Waals surface area contributed by atoms with E-state index in [0.717, 1.165) is 50.0 Å². The molecule has 6 nitrogen and oxygen atoms in total. The minimum Gasteiger partial charge on any atom is -0.497 e. The van der Waals surface area contributed by atoms with Gasteiger partial charge in [0.1, 0.15) is 11.3 Å². The van der Waals surface area contributed by atoms with E-state index in [1.165, 1.54) is 6.42 Å². The van der Waals surface area contributed by atoms with Gasteiger partial charge in [0, 0.05) is 43.1 Å². The van der Waals surface area contributed by atoms with Gasteiger partial charge in [0.2, 0.25) is 5.91 Å². The molecule has 1 aromatic heterocycles. The summed E-state index contributed by atoms with van der Waals surface area (Å²) in [4.78, 5) is 27.1. The highest BCUT2D eigenvalue weighted by Crippen LogP contribution is 2.37. The number of hydrogen-bond donors (Lipinski definition) is 1. The first-order chi connectivity index (χ1) is 13.5. The summed E-state index contributed by atoms with van der Waals surface area (Å²) < 4.78 is 10.7. The molecular formula is C22H29ClN2O4. The SMILES string of the molecule is COc1ccc2c(C)c(CCC(=O)N3CCC4(CCNC4)CC3)c(=O)oc2c1.Cl. The molecule has 1 spiro atoms. The lowest BCUT2D eigenvalue weighted by Crippen LogP contribution is -2.44. The van der Waals surface area contributed by atoms with Crippen molar-refractivity contribution in [3.63, 3.8) is 0 Å². The summed E-state index contributed by atoms with van der Waals surface area (Å²) in [6.07, 6.45) is 4.13. The molecule has 2 aromatic rings. The van der Waals surface area contributed by atoms with E-state index in [9.17, 15) is 9.59 Å². The van der Waals surface area contributed by atoms with Crippen LogP contribution >= 0.6 is 12.4 Å². The third kappa shape index (κ3) is 4.28. The molecule has 2 fully saturated rings. The number of hydrogen-bond acceptors (Lipinski definition) is 5. The van der Waals surface area contributed by atoms with Gasteiger partial charge in [0.25, 0.3) is 0 Å². The Hall–Kier alpha value is -2.05. The molecule has 0 radical (unpaired) electrons. The molecule has 7 heteroatoms. The number of carbonyl (C=O) groups excluding carboxylic acids is 1. The first-order valence-electron chi connectivity index (χ1n) is 10.1. The standard InChI is InChI=1S/C22H28N2O4.ClH/c1-15-17-4-3-16(27-2)13-19(17)28-21(26)18(15)5-6-20(25)24-11-8-22(9-12-24)7-10-23-14-22;/h3-4,13,23H,5-12,14H2,1-2H3;1H. The minimum atomic E-state index is -0.360. The number of ether oxygens (including phenoxy) is 1. The fourth-order valence-corrected chi connectivity index (χ4v) is 4.63. The summed E-state index contributed by atoms with van der Waals surface area (Å²) in [7, 11) is 1.58. The number of nitrogens with one attached hydrogen (secondary N) is 1. The Balaban J connectivity index is 0.00000240. The lowest BCUT2D eigenvalue weighted by atomic mass is 9.78. The summed E-state index contributed by atoms with van der Waals surface area (Å²) in [5.41, 5.74) is 2.04. The van der Waals surface area contributed by atoms with E-state index in [4.69, 9.17) is 9.15 Å². The lowest BCUT2D eigenvalue weighted by molar-refractivity contribution is -0.133. The Morgan fingerprint density at radius 3 is 2.69 bits per heavy atom. The van der Waals surface area contributed by atoms with Crippen LogP contribution in [0.1, 0.15) is 36.8 Å². The van der Waals surface area contributed by atoms with Crippen molar-refractivity contribution in [3.05, 3.63) is 39.7 Å². The summed E-state index contributed by atoms with van der Waals surface area (Å²) in [6, 6.07) is 5.48. The van der Waals surface area contributed by atoms with Gasteiger partial charge in [-0.25, -0.2) is 4.79 Å². The van der Waals surface area contributed by atoms with Gasteiger partial charge in [-0.1, -0.05) is 0 Å². The smallest absolute Gasteiger partial charge is 0.339 e. The lowest BCUT2D eigenvalue weighted by Gasteiger charge is -2.39. The molecule has 1 N–H and O–H groups in total. The minimum absolute atomic E-state index is 0. The third-order valence-corrected chi connectivity index (χ3v) is 6.59.